The van der Waals surface area contributed by atoms with Crippen LogP contribution in [0.15, 0.2) is 66.7 Å². The lowest BCUT2D eigenvalue weighted by Gasteiger charge is -2.37. The fourth-order valence-corrected chi connectivity index (χ4v) is 6.53. The van der Waals surface area contributed by atoms with E-state index in [1.165, 1.54) is 34.4 Å². The zero-order chi connectivity index (χ0) is 25.5. The Morgan fingerprint density at radius 1 is 0.919 bits per heavy atom. The topological polar surface area (TPSA) is 55.8 Å². The van der Waals surface area contributed by atoms with E-state index in [-0.39, 0.29) is 48.0 Å². The third-order valence-corrected chi connectivity index (χ3v) is 8.17. The molecule has 3 aliphatic rings. The van der Waals surface area contributed by atoms with Crippen LogP contribution in [0.1, 0.15) is 60.0 Å². The average molecular weight is 500 g/mol. The largest absolute Gasteiger partial charge is 0.494 e. The number of carbonyl (C=O) groups excluding carboxylic acids is 2. The van der Waals surface area contributed by atoms with Crippen molar-refractivity contribution in [1.82, 2.24) is 4.90 Å². The number of carbonyl (C=O) groups is 2. The van der Waals surface area contributed by atoms with Gasteiger partial charge in [-0.3, -0.25) is 4.79 Å². The molecule has 0 N–H and O–H groups in total. The van der Waals surface area contributed by atoms with E-state index in [1.54, 1.807) is 6.07 Å². The van der Waals surface area contributed by atoms with Gasteiger partial charge in [0, 0.05) is 30.0 Å². The molecule has 3 aromatic rings. The van der Waals surface area contributed by atoms with E-state index in [2.05, 4.69) is 24.3 Å². The molecule has 0 radical (unpaired) electrons. The Bertz CT molecular complexity index is 1300. The van der Waals surface area contributed by atoms with Crippen LogP contribution in [-0.4, -0.2) is 42.1 Å². The summed E-state index contributed by atoms with van der Waals surface area (Å²) in [4.78, 5) is 28.3. The number of ether oxygens (including phenoxy) is 2. The first-order valence-corrected chi connectivity index (χ1v) is 13.1. The Balaban J connectivity index is 1.13. The highest BCUT2D eigenvalue weighted by Crippen LogP contribution is 2.45. The lowest BCUT2D eigenvalue weighted by molar-refractivity contribution is 0.0504. The Kier molecular flexibility index (Phi) is 6.19. The van der Waals surface area contributed by atoms with E-state index in [0.29, 0.717) is 25.2 Å². The van der Waals surface area contributed by atoms with Crippen LogP contribution >= 0.6 is 0 Å². The molecule has 5 nitrogen and oxygen atoms in total. The van der Waals surface area contributed by atoms with Crippen molar-refractivity contribution in [2.75, 3.05) is 13.2 Å². The van der Waals surface area contributed by atoms with Gasteiger partial charge in [0.05, 0.1) is 12.2 Å². The number of fused-ring (bicyclic) bond motifs is 5. The highest BCUT2D eigenvalue weighted by molar-refractivity contribution is 5.98. The second-order valence-corrected chi connectivity index (χ2v) is 10.2. The second-order valence-electron chi connectivity index (χ2n) is 10.2. The molecule has 0 aromatic heterocycles. The number of piperidine rings is 1. The summed E-state index contributed by atoms with van der Waals surface area (Å²) in [6.45, 7) is 2.55. The summed E-state index contributed by atoms with van der Waals surface area (Å²) in [5, 5.41) is 0. The fraction of sp³-hybridized carbons (Fsp3) is 0.355. The molecule has 2 fully saturated rings. The fourth-order valence-electron chi connectivity index (χ4n) is 6.53. The predicted octanol–water partition coefficient (Wildman–Crippen LogP) is 6.60. The van der Waals surface area contributed by atoms with Gasteiger partial charge in [0.15, 0.2) is 5.78 Å². The number of ketones is 1. The third kappa shape index (κ3) is 4.18. The Morgan fingerprint density at radius 3 is 2.14 bits per heavy atom. The lowest BCUT2D eigenvalue weighted by Crippen LogP contribution is -2.48. The molecule has 3 aromatic carbocycles. The van der Waals surface area contributed by atoms with Crippen molar-refractivity contribution < 1.29 is 23.5 Å². The van der Waals surface area contributed by atoms with Crippen LogP contribution in [0.5, 0.6) is 5.75 Å². The van der Waals surface area contributed by atoms with E-state index in [9.17, 15) is 14.0 Å². The molecule has 0 saturated carbocycles. The molecule has 1 amide bonds. The van der Waals surface area contributed by atoms with Gasteiger partial charge < -0.3 is 14.4 Å². The molecule has 2 saturated heterocycles. The number of amides is 1. The van der Waals surface area contributed by atoms with Crippen molar-refractivity contribution in [2.45, 2.75) is 50.6 Å². The molecular formula is C31H30FNO4. The summed E-state index contributed by atoms with van der Waals surface area (Å²) >= 11 is 0. The second kappa shape index (κ2) is 9.66. The first-order chi connectivity index (χ1) is 18.0. The van der Waals surface area contributed by atoms with Crippen LogP contribution in [0.2, 0.25) is 0 Å². The first-order valence-electron chi connectivity index (χ1n) is 13.1. The standard InChI is InChI=1S/C31H30FNO4/c1-2-36-22-13-14-27(29(32)17-22)30(34)19-15-20-11-12-21(16-19)33(20)31(35)37-18-28-25-9-5-3-7-23(25)24-8-4-6-10-26(24)28/h3-10,13-14,17,19-21,28H,2,11-12,15-16,18H2,1H3. The number of halogens is 1. The molecule has 2 bridgehead atoms. The number of nitrogens with zero attached hydrogens (tertiary/aromatic N) is 1. The van der Waals surface area contributed by atoms with Crippen LogP contribution < -0.4 is 4.74 Å². The molecule has 190 valence electrons. The summed E-state index contributed by atoms with van der Waals surface area (Å²) in [6, 6.07) is 20.9. The van der Waals surface area contributed by atoms with Crippen molar-refractivity contribution >= 4 is 11.9 Å². The number of Topliss-reactive ketones (excluding diaryl/α,β-unsaturated/α-hetero) is 1. The third-order valence-electron chi connectivity index (χ3n) is 8.17. The van der Waals surface area contributed by atoms with Gasteiger partial charge in [0.1, 0.15) is 18.2 Å². The minimum absolute atomic E-state index is 0.00996. The summed E-state index contributed by atoms with van der Waals surface area (Å²) in [5.41, 5.74) is 4.85. The summed E-state index contributed by atoms with van der Waals surface area (Å²) in [6.07, 6.45) is 2.43. The van der Waals surface area contributed by atoms with Gasteiger partial charge in [-0.25, -0.2) is 9.18 Å². The molecule has 6 rings (SSSR count). The van der Waals surface area contributed by atoms with Gasteiger partial charge in [-0.1, -0.05) is 48.5 Å². The van der Waals surface area contributed by atoms with Gasteiger partial charge in [0.2, 0.25) is 0 Å². The molecule has 0 spiro atoms. The Hall–Kier alpha value is -3.67. The van der Waals surface area contributed by atoms with E-state index in [0.717, 1.165) is 12.8 Å². The average Bonchev–Trinajstić information content (AvgIpc) is 3.37. The zero-order valence-electron chi connectivity index (χ0n) is 20.9. The normalized spacial score (nSPS) is 21.9. The van der Waals surface area contributed by atoms with Crippen molar-refractivity contribution in [3.05, 3.63) is 89.2 Å². The Labute approximate surface area is 216 Å². The number of hydrogen-bond acceptors (Lipinski definition) is 4. The van der Waals surface area contributed by atoms with Crippen molar-refractivity contribution in [2.24, 2.45) is 5.92 Å². The highest BCUT2D eigenvalue weighted by Gasteiger charge is 2.46. The van der Waals surface area contributed by atoms with Crippen LogP contribution in [0.25, 0.3) is 11.1 Å². The van der Waals surface area contributed by atoms with E-state index >= 15 is 0 Å². The summed E-state index contributed by atoms with van der Waals surface area (Å²) in [5.74, 6) is -0.619. The molecule has 37 heavy (non-hydrogen) atoms. The Morgan fingerprint density at radius 2 is 1.54 bits per heavy atom. The van der Waals surface area contributed by atoms with Crippen LogP contribution in [0, 0.1) is 11.7 Å². The minimum Gasteiger partial charge on any atom is -0.494 e. The lowest BCUT2D eigenvalue weighted by atomic mass is 9.84. The SMILES string of the molecule is CCOc1ccc(C(=O)C2CC3CCC(C2)N3C(=O)OCC2c3ccccc3-c3ccccc32)c(F)c1. The zero-order valence-corrected chi connectivity index (χ0v) is 20.9. The summed E-state index contributed by atoms with van der Waals surface area (Å²) < 4.78 is 25.9. The van der Waals surface area contributed by atoms with Gasteiger partial charge >= 0.3 is 6.09 Å². The summed E-state index contributed by atoms with van der Waals surface area (Å²) in [7, 11) is 0. The predicted molar refractivity (Wildman–Crippen MR) is 138 cm³/mol. The maximum atomic E-state index is 14.7. The van der Waals surface area contributed by atoms with Gasteiger partial charge in [0.25, 0.3) is 0 Å². The maximum absolute atomic E-state index is 14.7. The van der Waals surface area contributed by atoms with E-state index in [1.807, 2.05) is 36.1 Å². The number of rotatable bonds is 6. The van der Waals surface area contributed by atoms with Crippen molar-refractivity contribution in [3.8, 4) is 16.9 Å². The van der Waals surface area contributed by atoms with Gasteiger partial charge in [-0.05, 0) is 67.0 Å². The van der Waals surface area contributed by atoms with Crippen LogP contribution in [0.3, 0.4) is 0 Å². The monoisotopic (exact) mass is 499 g/mol. The first kappa shape index (κ1) is 23.7. The van der Waals surface area contributed by atoms with E-state index in [4.69, 9.17) is 9.47 Å². The molecule has 6 heteroatoms. The molecular weight excluding hydrogens is 469 g/mol. The van der Waals surface area contributed by atoms with Crippen LogP contribution in [0.4, 0.5) is 9.18 Å². The van der Waals surface area contributed by atoms with Crippen molar-refractivity contribution in [1.29, 1.82) is 0 Å². The minimum atomic E-state index is -0.553. The highest BCUT2D eigenvalue weighted by atomic mass is 19.1. The van der Waals surface area contributed by atoms with Crippen molar-refractivity contribution in [3.63, 3.8) is 0 Å². The number of benzene rings is 3. The molecule has 1 aliphatic carbocycles. The molecule has 2 heterocycles. The maximum Gasteiger partial charge on any atom is 0.410 e. The molecule has 2 aliphatic heterocycles. The molecule has 2 unspecified atom stereocenters. The smallest absolute Gasteiger partial charge is 0.410 e. The molecule has 2 atom stereocenters. The number of hydrogen-bond donors (Lipinski definition) is 0. The quantitative estimate of drug-likeness (QED) is 0.359. The van der Waals surface area contributed by atoms with Gasteiger partial charge in [-0.2, -0.15) is 0 Å². The van der Waals surface area contributed by atoms with Crippen LogP contribution in [-0.2, 0) is 4.74 Å². The van der Waals surface area contributed by atoms with Gasteiger partial charge in [-0.15, -0.1) is 0 Å². The van der Waals surface area contributed by atoms with E-state index < -0.39 is 5.82 Å².